The van der Waals surface area contributed by atoms with Crippen molar-refractivity contribution in [3.8, 4) is 11.5 Å². The number of rotatable bonds is 5. The lowest BCUT2D eigenvalue weighted by Crippen LogP contribution is -2.45. The monoisotopic (exact) mass is 359 g/mol. The highest BCUT2D eigenvalue weighted by molar-refractivity contribution is 6.84. The van der Waals surface area contributed by atoms with E-state index < -0.39 is 25.9 Å². The number of carbonyl (C=O) groups excluding carboxylic acids is 1. The van der Waals surface area contributed by atoms with Gasteiger partial charge < -0.3 is 14.2 Å². The number of nitrogens with zero attached hydrogens (tertiary/aromatic N) is 1. The Hall–Kier alpha value is -1.94. The summed E-state index contributed by atoms with van der Waals surface area (Å²) in [4.78, 5) is 16.9. The van der Waals surface area contributed by atoms with Gasteiger partial charge in [-0.15, -0.1) is 5.54 Å². The maximum absolute atomic E-state index is 12.6. The summed E-state index contributed by atoms with van der Waals surface area (Å²) < 4.78 is 16.6. The molecule has 5 nitrogen and oxygen atoms in total. The molecule has 1 atom stereocenters. The van der Waals surface area contributed by atoms with E-state index in [1.54, 1.807) is 6.92 Å². The number of hydrogen-bond donors (Lipinski definition) is 0. The molecule has 1 aromatic rings. The molecule has 2 rings (SSSR count). The summed E-state index contributed by atoms with van der Waals surface area (Å²) >= 11 is 0. The molecule has 0 amide bonds. The molecule has 0 radical (unpaired) electrons. The summed E-state index contributed by atoms with van der Waals surface area (Å²) in [6.07, 6.45) is 1.46. The predicted octanol–water partition coefficient (Wildman–Crippen LogP) is 2.81. The molecular weight excluding hydrogens is 334 g/mol. The Morgan fingerprint density at radius 2 is 1.96 bits per heavy atom. The predicted molar refractivity (Wildman–Crippen MR) is 99.9 cm³/mol. The molecule has 0 spiro atoms. The van der Waals surface area contributed by atoms with Gasteiger partial charge in [0.1, 0.15) is 14.7 Å². The van der Waals surface area contributed by atoms with Gasteiger partial charge in [0.15, 0.2) is 5.79 Å². The van der Waals surface area contributed by atoms with Crippen LogP contribution in [-0.4, -0.2) is 45.3 Å². The zero-order chi connectivity index (χ0) is 18.3. The zero-order valence-electron chi connectivity index (χ0n) is 15.2. The van der Waals surface area contributed by atoms with Gasteiger partial charge in [-0.25, -0.2) is 4.79 Å². The van der Waals surface area contributed by atoms with Gasteiger partial charge in [0.25, 0.3) is 0 Å². The van der Waals surface area contributed by atoms with E-state index >= 15 is 0 Å². The van der Waals surface area contributed by atoms with E-state index in [1.807, 2.05) is 30.3 Å². The van der Waals surface area contributed by atoms with Crippen molar-refractivity contribution in [1.82, 2.24) is 0 Å². The molecule has 0 saturated carbocycles. The molecule has 1 aliphatic rings. The Labute approximate surface area is 150 Å². The topological polar surface area (TPSA) is 57.1 Å². The van der Waals surface area contributed by atoms with Crippen molar-refractivity contribution in [1.29, 1.82) is 0 Å². The normalized spacial score (nSPS) is 17.8. The Morgan fingerprint density at radius 3 is 2.56 bits per heavy atom. The van der Waals surface area contributed by atoms with Crippen LogP contribution in [0.4, 0.5) is 0 Å². The van der Waals surface area contributed by atoms with E-state index in [0.29, 0.717) is 13.2 Å². The molecule has 1 aliphatic heterocycles. The van der Waals surface area contributed by atoms with E-state index in [9.17, 15) is 4.79 Å². The average molecular weight is 359 g/mol. The molecule has 1 unspecified atom stereocenters. The number of aliphatic imine (C=N–C) groups is 1. The van der Waals surface area contributed by atoms with Crippen LogP contribution in [0.5, 0.6) is 0 Å². The summed E-state index contributed by atoms with van der Waals surface area (Å²) in [6, 6.07) is 8.60. The van der Waals surface area contributed by atoms with Crippen molar-refractivity contribution in [3.63, 3.8) is 0 Å². The third-order valence-electron chi connectivity index (χ3n) is 3.54. The second-order valence-electron chi connectivity index (χ2n) is 7.01. The molecule has 25 heavy (non-hydrogen) atoms. The maximum atomic E-state index is 12.6. The number of esters is 1. The van der Waals surface area contributed by atoms with Crippen molar-refractivity contribution in [3.05, 3.63) is 35.9 Å². The van der Waals surface area contributed by atoms with E-state index in [2.05, 4.69) is 36.1 Å². The molecule has 0 aliphatic carbocycles. The van der Waals surface area contributed by atoms with Crippen LogP contribution in [0.25, 0.3) is 0 Å². The highest BCUT2D eigenvalue weighted by Crippen LogP contribution is 2.26. The molecule has 1 aromatic carbocycles. The second kappa shape index (κ2) is 8.43. The molecule has 1 fully saturated rings. The molecule has 1 saturated heterocycles. The van der Waals surface area contributed by atoms with E-state index in [-0.39, 0.29) is 6.61 Å². The summed E-state index contributed by atoms with van der Waals surface area (Å²) in [5.74, 6) is 1.32. The molecule has 6 heteroatoms. The quantitative estimate of drug-likeness (QED) is 0.351. The SMILES string of the molecule is CC1(C(N=CC#C[Si](C)(C)C)C(=O)OCc2ccccc2)OCCO1. The molecule has 134 valence electrons. The first-order chi connectivity index (χ1) is 11.8. The molecule has 0 N–H and O–H groups in total. The Kier molecular flexibility index (Phi) is 6.54. The lowest BCUT2D eigenvalue weighted by atomic mass is 10.1. The van der Waals surface area contributed by atoms with Crippen LogP contribution in [0.3, 0.4) is 0 Å². The molecular formula is C19H25NO4Si. The van der Waals surface area contributed by atoms with Gasteiger partial charge in [-0.1, -0.05) is 55.9 Å². The van der Waals surface area contributed by atoms with Crippen LogP contribution < -0.4 is 0 Å². The summed E-state index contributed by atoms with van der Waals surface area (Å²) in [7, 11) is -1.50. The highest BCUT2D eigenvalue weighted by atomic mass is 28.3. The van der Waals surface area contributed by atoms with Gasteiger partial charge in [0.2, 0.25) is 6.04 Å². The van der Waals surface area contributed by atoms with Gasteiger partial charge >= 0.3 is 5.97 Å². The van der Waals surface area contributed by atoms with Gasteiger partial charge in [-0.05, 0) is 12.5 Å². The van der Waals surface area contributed by atoms with Crippen molar-refractivity contribution in [2.24, 2.45) is 4.99 Å². The van der Waals surface area contributed by atoms with Crippen LogP contribution in [0.1, 0.15) is 12.5 Å². The number of carbonyl (C=O) groups is 1. The van der Waals surface area contributed by atoms with Crippen molar-refractivity contribution in [2.75, 3.05) is 13.2 Å². The summed E-state index contributed by atoms with van der Waals surface area (Å²) in [5, 5.41) is 0. The van der Waals surface area contributed by atoms with E-state index in [4.69, 9.17) is 14.2 Å². The number of ether oxygens (including phenoxy) is 3. The summed E-state index contributed by atoms with van der Waals surface area (Å²) in [5.41, 5.74) is 4.10. The third kappa shape index (κ3) is 6.13. The van der Waals surface area contributed by atoms with Crippen molar-refractivity contribution >= 4 is 20.3 Å². The first kappa shape index (κ1) is 19.4. The van der Waals surface area contributed by atoms with Crippen molar-refractivity contribution in [2.45, 2.75) is 45.0 Å². The smallest absolute Gasteiger partial charge is 0.336 e. The van der Waals surface area contributed by atoms with Crippen LogP contribution in [0.2, 0.25) is 19.6 Å². The van der Waals surface area contributed by atoms with Gasteiger partial charge in [0, 0.05) is 0 Å². The maximum Gasteiger partial charge on any atom is 0.336 e. The first-order valence-electron chi connectivity index (χ1n) is 8.33. The Morgan fingerprint density at radius 1 is 1.32 bits per heavy atom. The summed E-state index contributed by atoms with van der Waals surface area (Å²) in [6.45, 7) is 9.17. The molecule has 0 aromatic heterocycles. The minimum absolute atomic E-state index is 0.183. The first-order valence-corrected chi connectivity index (χ1v) is 11.8. The lowest BCUT2D eigenvalue weighted by molar-refractivity contribution is -0.183. The van der Waals surface area contributed by atoms with Crippen molar-refractivity contribution < 1.29 is 19.0 Å². The minimum Gasteiger partial charge on any atom is -0.459 e. The lowest BCUT2D eigenvalue weighted by Gasteiger charge is -2.27. The largest absolute Gasteiger partial charge is 0.459 e. The second-order valence-corrected chi connectivity index (χ2v) is 11.8. The Balaban J connectivity index is 2.09. The standard InChI is InChI=1S/C19H25NO4Si/c1-19(23-12-13-24-19)17(20-11-8-14-25(2,3)4)18(21)22-15-16-9-6-5-7-10-16/h5-7,9-11,17H,12-13,15H2,1-4H3. The van der Waals surface area contributed by atoms with Gasteiger partial charge in [-0.3, -0.25) is 4.99 Å². The third-order valence-corrected chi connectivity index (χ3v) is 4.43. The fourth-order valence-corrected chi connectivity index (χ4v) is 2.76. The van der Waals surface area contributed by atoms with Crippen LogP contribution >= 0.6 is 0 Å². The number of benzene rings is 1. The van der Waals surface area contributed by atoms with Crippen LogP contribution in [0, 0.1) is 11.5 Å². The van der Waals surface area contributed by atoms with E-state index in [0.717, 1.165) is 5.56 Å². The highest BCUT2D eigenvalue weighted by Gasteiger charge is 2.45. The van der Waals surface area contributed by atoms with Crippen LogP contribution in [0.15, 0.2) is 35.3 Å². The van der Waals surface area contributed by atoms with Crippen LogP contribution in [-0.2, 0) is 25.6 Å². The van der Waals surface area contributed by atoms with Gasteiger partial charge in [0.05, 0.1) is 19.4 Å². The zero-order valence-corrected chi connectivity index (χ0v) is 16.2. The van der Waals surface area contributed by atoms with E-state index in [1.165, 1.54) is 6.21 Å². The molecule has 0 bridgehead atoms. The van der Waals surface area contributed by atoms with Gasteiger partial charge in [-0.2, -0.15) is 0 Å². The Bertz CT molecular complexity index is 664. The fourth-order valence-electron chi connectivity index (χ4n) is 2.27. The number of hydrogen-bond acceptors (Lipinski definition) is 5. The average Bonchev–Trinajstić information content (AvgIpc) is 3.00. The fraction of sp³-hybridized carbons (Fsp3) is 0.474. The minimum atomic E-state index is -1.50. The molecule has 1 heterocycles.